The van der Waals surface area contributed by atoms with E-state index in [1.54, 1.807) is 0 Å². The maximum absolute atomic E-state index is 12.0. The van der Waals surface area contributed by atoms with Crippen LogP contribution >= 0.6 is 0 Å². The number of carbonyl (C=O) groups is 1. The summed E-state index contributed by atoms with van der Waals surface area (Å²) in [5.74, 6) is 0.159. The number of rotatable bonds is 7. The first-order valence-electron chi connectivity index (χ1n) is 8.56. The number of aliphatic hydroxyl groups excluding tert-OH is 1. The molecule has 5 heteroatoms. The number of fused-ring (bicyclic) bond motifs is 1. The Morgan fingerprint density at radius 1 is 1.25 bits per heavy atom. The molecule has 1 aromatic heterocycles. The van der Waals surface area contributed by atoms with Crippen LogP contribution in [0.25, 0.3) is 10.9 Å². The second kappa shape index (κ2) is 7.71. The van der Waals surface area contributed by atoms with Crippen molar-refractivity contribution in [3.05, 3.63) is 36.0 Å². The monoisotopic (exact) mass is 331 g/mol. The molecule has 4 N–H and O–H groups in total. The van der Waals surface area contributed by atoms with Crippen LogP contribution in [0.5, 0.6) is 0 Å². The molecule has 1 unspecified atom stereocenters. The SMILES string of the molecule is CC(C)C(O)C(C)(C)CNC(=O)NCCc1c[nH]c2ccccc12. The average molecular weight is 331 g/mol. The minimum absolute atomic E-state index is 0.159. The predicted molar refractivity (Wildman–Crippen MR) is 98.0 cm³/mol. The molecule has 0 bridgehead atoms. The minimum atomic E-state index is -0.455. The molecule has 0 aliphatic rings. The molecular weight excluding hydrogens is 302 g/mol. The Bertz CT molecular complexity index is 676. The molecule has 24 heavy (non-hydrogen) atoms. The van der Waals surface area contributed by atoms with Gasteiger partial charge in [0.15, 0.2) is 0 Å². The third-order valence-corrected chi connectivity index (χ3v) is 4.49. The van der Waals surface area contributed by atoms with Crippen molar-refractivity contribution >= 4 is 16.9 Å². The van der Waals surface area contributed by atoms with E-state index >= 15 is 0 Å². The van der Waals surface area contributed by atoms with E-state index in [-0.39, 0.29) is 17.4 Å². The number of hydrogen-bond acceptors (Lipinski definition) is 2. The smallest absolute Gasteiger partial charge is 0.314 e. The molecule has 0 radical (unpaired) electrons. The number of benzene rings is 1. The van der Waals surface area contributed by atoms with Crippen molar-refractivity contribution in [2.24, 2.45) is 11.3 Å². The van der Waals surface area contributed by atoms with Crippen LogP contribution in [0, 0.1) is 11.3 Å². The van der Waals surface area contributed by atoms with Crippen LogP contribution in [0.3, 0.4) is 0 Å². The zero-order valence-electron chi connectivity index (χ0n) is 15.0. The van der Waals surface area contributed by atoms with Crippen molar-refractivity contribution < 1.29 is 9.90 Å². The average Bonchev–Trinajstić information content (AvgIpc) is 2.95. The molecular formula is C19H29N3O2. The quantitative estimate of drug-likeness (QED) is 0.629. The van der Waals surface area contributed by atoms with E-state index in [0.29, 0.717) is 13.1 Å². The highest BCUT2D eigenvalue weighted by atomic mass is 16.3. The number of H-pyrrole nitrogens is 1. The number of nitrogens with one attached hydrogen (secondary N) is 3. The van der Waals surface area contributed by atoms with Gasteiger partial charge in [-0.15, -0.1) is 0 Å². The Labute approximate surface area is 143 Å². The highest BCUT2D eigenvalue weighted by Gasteiger charge is 2.30. The molecule has 0 saturated heterocycles. The summed E-state index contributed by atoms with van der Waals surface area (Å²) < 4.78 is 0. The van der Waals surface area contributed by atoms with Crippen LogP contribution in [0.1, 0.15) is 33.3 Å². The van der Waals surface area contributed by atoms with Gasteiger partial charge in [0, 0.05) is 35.6 Å². The number of carbonyl (C=O) groups excluding carboxylic acids is 1. The second-order valence-corrected chi connectivity index (χ2v) is 7.40. The highest BCUT2D eigenvalue weighted by molar-refractivity contribution is 5.83. The summed E-state index contributed by atoms with van der Waals surface area (Å²) in [6.45, 7) is 8.89. The summed E-state index contributed by atoms with van der Waals surface area (Å²) in [7, 11) is 0. The van der Waals surface area contributed by atoms with Gasteiger partial charge in [-0.1, -0.05) is 45.9 Å². The van der Waals surface area contributed by atoms with E-state index < -0.39 is 6.10 Å². The molecule has 1 atom stereocenters. The molecule has 1 aromatic carbocycles. The summed E-state index contributed by atoms with van der Waals surface area (Å²) in [4.78, 5) is 15.2. The maximum atomic E-state index is 12.0. The van der Waals surface area contributed by atoms with Crippen LogP contribution in [-0.2, 0) is 6.42 Å². The largest absolute Gasteiger partial charge is 0.392 e. The molecule has 2 aromatic rings. The normalized spacial score (nSPS) is 13.2. The summed E-state index contributed by atoms with van der Waals surface area (Å²) in [5, 5.41) is 17.1. The Morgan fingerprint density at radius 2 is 1.96 bits per heavy atom. The Kier molecular flexibility index (Phi) is 5.89. The van der Waals surface area contributed by atoms with Crippen molar-refractivity contribution in [3.8, 4) is 0 Å². The van der Waals surface area contributed by atoms with Crippen molar-refractivity contribution in [1.29, 1.82) is 0 Å². The molecule has 0 spiro atoms. The van der Waals surface area contributed by atoms with Crippen molar-refractivity contribution in [2.75, 3.05) is 13.1 Å². The molecule has 0 aliphatic carbocycles. The van der Waals surface area contributed by atoms with Crippen LogP contribution in [0.2, 0.25) is 0 Å². The lowest BCUT2D eigenvalue weighted by atomic mass is 9.81. The van der Waals surface area contributed by atoms with E-state index in [0.717, 1.165) is 11.9 Å². The first-order chi connectivity index (χ1) is 11.3. The number of aromatic amines is 1. The third-order valence-electron chi connectivity index (χ3n) is 4.49. The van der Waals surface area contributed by atoms with Gasteiger partial charge in [-0.2, -0.15) is 0 Å². The number of para-hydroxylation sites is 1. The van der Waals surface area contributed by atoms with Crippen LogP contribution in [-0.4, -0.2) is 35.3 Å². The standard InChI is InChI=1S/C19H29N3O2/c1-13(2)17(23)19(3,4)12-22-18(24)20-10-9-14-11-21-16-8-6-5-7-15(14)16/h5-8,11,13,17,21,23H,9-10,12H2,1-4H3,(H2,20,22,24). The fourth-order valence-corrected chi connectivity index (χ4v) is 3.03. The molecule has 5 nitrogen and oxygen atoms in total. The van der Waals surface area contributed by atoms with Gasteiger partial charge in [0.25, 0.3) is 0 Å². The Hall–Kier alpha value is -2.01. The maximum Gasteiger partial charge on any atom is 0.314 e. The molecule has 0 aliphatic heterocycles. The van der Waals surface area contributed by atoms with Crippen LogP contribution in [0.4, 0.5) is 4.79 Å². The predicted octanol–water partition coefficient (Wildman–Crippen LogP) is 3.05. The lowest BCUT2D eigenvalue weighted by Crippen LogP contribution is -2.46. The molecule has 0 fully saturated rings. The van der Waals surface area contributed by atoms with Gasteiger partial charge in [-0.25, -0.2) is 4.79 Å². The van der Waals surface area contributed by atoms with E-state index in [1.165, 1.54) is 10.9 Å². The molecule has 2 amide bonds. The number of urea groups is 1. The third kappa shape index (κ3) is 4.51. The van der Waals surface area contributed by atoms with Gasteiger partial charge in [-0.05, 0) is 24.0 Å². The molecule has 1 heterocycles. The van der Waals surface area contributed by atoms with E-state index in [9.17, 15) is 9.90 Å². The second-order valence-electron chi connectivity index (χ2n) is 7.40. The fraction of sp³-hybridized carbons (Fsp3) is 0.526. The molecule has 132 valence electrons. The summed E-state index contributed by atoms with van der Waals surface area (Å²) in [6.07, 6.45) is 2.31. The Balaban J connectivity index is 1.77. The minimum Gasteiger partial charge on any atom is -0.392 e. The van der Waals surface area contributed by atoms with Gasteiger partial charge in [0.1, 0.15) is 0 Å². The van der Waals surface area contributed by atoms with E-state index in [4.69, 9.17) is 0 Å². The zero-order valence-corrected chi connectivity index (χ0v) is 15.0. The van der Waals surface area contributed by atoms with Gasteiger partial charge in [0.05, 0.1) is 6.10 Å². The molecule has 0 saturated carbocycles. The van der Waals surface area contributed by atoms with Crippen LogP contribution in [0.15, 0.2) is 30.5 Å². The topological polar surface area (TPSA) is 77.2 Å². The summed E-state index contributed by atoms with van der Waals surface area (Å²) in [5.41, 5.74) is 1.95. The lowest BCUT2D eigenvalue weighted by Gasteiger charge is -2.33. The van der Waals surface area contributed by atoms with Gasteiger partial charge in [0.2, 0.25) is 0 Å². The first kappa shape index (κ1) is 18.3. The summed E-state index contributed by atoms with van der Waals surface area (Å²) in [6, 6.07) is 7.95. The van der Waals surface area contributed by atoms with Gasteiger partial charge >= 0.3 is 6.03 Å². The van der Waals surface area contributed by atoms with E-state index in [1.807, 2.05) is 52.1 Å². The van der Waals surface area contributed by atoms with Crippen molar-refractivity contribution in [2.45, 2.75) is 40.2 Å². The van der Waals surface area contributed by atoms with Crippen molar-refractivity contribution in [3.63, 3.8) is 0 Å². The van der Waals surface area contributed by atoms with Crippen LogP contribution < -0.4 is 10.6 Å². The Morgan fingerprint density at radius 3 is 2.67 bits per heavy atom. The lowest BCUT2D eigenvalue weighted by molar-refractivity contribution is 0.0151. The van der Waals surface area contributed by atoms with Crippen molar-refractivity contribution in [1.82, 2.24) is 15.6 Å². The number of hydrogen-bond donors (Lipinski definition) is 4. The summed E-state index contributed by atoms with van der Waals surface area (Å²) >= 11 is 0. The van der Waals surface area contributed by atoms with Gasteiger partial charge in [-0.3, -0.25) is 0 Å². The highest BCUT2D eigenvalue weighted by Crippen LogP contribution is 2.25. The number of aliphatic hydroxyl groups is 1. The van der Waals surface area contributed by atoms with Gasteiger partial charge < -0.3 is 20.7 Å². The number of amides is 2. The van der Waals surface area contributed by atoms with E-state index in [2.05, 4.69) is 21.7 Å². The molecule has 2 rings (SSSR count). The number of aromatic nitrogens is 1. The first-order valence-corrected chi connectivity index (χ1v) is 8.56. The fourth-order valence-electron chi connectivity index (χ4n) is 3.03. The zero-order chi connectivity index (χ0) is 17.7.